The van der Waals surface area contributed by atoms with Crippen LogP contribution in [0.15, 0.2) is 12.7 Å². The molecule has 0 aromatic heterocycles. The summed E-state index contributed by atoms with van der Waals surface area (Å²) < 4.78 is 5.49. The van der Waals surface area contributed by atoms with Gasteiger partial charge in [0.2, 0.25) is 17.6 Å². The summed E-state index contributed by atoms with van der Waals surface area (Å²) in [4.78, 5) is 81.3. The first kappa shape index (κ1) is 40.6. The van der Waals surface area contributed by atoms with Crippen LogP contribution in [-0.4, -0.2) is 83.3 Å². The maximum Gasteiger partial charge on any atom is 0.329 e. The Morgan fingerprint density at radius 1 is 0.957 bits per heavy atom. The molecule has 1 saturated heterocycles. The Kier molecular flexibility index (Phi) is 15.4. The first-order chi connectivity index (χ1) is 21.2. The van der Waals surface area contributed by atoms with Crippen molar-refractivity contribution >= 4 is 35.5 Å². The van der Waals surface area contributed by atoms with Crippen molar-refractivity contribution in [3.63, 3.8) is 0 Å². The lowest BCUT2D eigenvalue weighted by atomic mass is 9.84. The Morgan fingerprint density at radius 3 is 2.04 bits per heavy atom. The molecule has 5 atom stereocenters. The first-order valence-corrected chi connectivity index (χ1v) is 16.5. The number of ketones is 1. The summed E-state index contributed by atoms with van der Waals surface area (Å²) in [5.74, 6) is -3.59. The smallest absolute Gasteiger partial charge is 0.329 e. The Labute approximate surface area is 275 Å². The van der Waals surface area contributed by atoms with Crippen LogP contribution in [-0.2, 0) is 28.7 Å². The maximum atomic E-state index is 14.2. The average molecular weight is 650 g/mol. The molecule has 262 valence electrons. The van der Waals surface area contributed by atoms with Crippen LogP contribution in [0, 0.1) is 23.2 Å². The predicted octanol–water partition coefficient (Wildman–Crippen LogP) is 3.49. The zero-order chi connectivity index (χ0) is 35.6. The fourth-order valence-corrected chi connectivity index (χ4v) is 5.43. The minimum atomic E-state index is -1.05. The minimum Gasteiger partial charge on any atom is -0.458 e. The van der Waals surface area contributed by atoms with Crippen LogP contribution in [0.3, 0.4) is 0 Å². The Hall–Kier alpha value is -3.44. The molecule has 0 aromatic carbocycles. The van der Waals surface area contributed by atoms with Gasteiger partial charge in [0.15, 0.2) is 0 Å². The number of Topliss-reactive ketones (excluding diaryl/α,β-unsaturated/α-hetero) is 1. The average Bonchev–Trinajstić information content (AvgIpc) is 3.39. The molecule has 1 heterocycles. The van der Waals surface area contributed by atoms with E-state index in [0.717, 1.165) is 6.42 Å². The van der Waals surface area contributed by atoms with E-state index in [4.69, 9.17) is 4.74 Å². The van der Waals surface area contributed by atoms with Gasteiger partial charge in [-0.1, -0.05) is 74.3 Å². The van der Waals surface area contributed by atoms with Crippen LogP contribution >= 0.6 is 0 Å². The van der Waals surface area contributed by atoms with Crippen molar-refractivity contribution in [2.45, 2.75) is 132 Å². The third kappa shape index (κ3) is 12.1. The topological polar surface area (TPSA) is 163 Å². The summed E-state index contributed by atoms with van der Waals surface area (Å²) in [6.45, 7) is 24.0. The van der Waals surface area contributed by atoms with Gasteiger partial charge in [-0.25, -0.2) is 9.59 Å². The minimum absolute atomic E-state index is 0.0270. The second kappa shape index (κ2) is 17.5. The number of amides is 5. The van der Waals surface area contributed by atoms with Crippen molar-refractivity contribution in [2.24, 2.45) is 23.2 Å². The molecule has 1 aliphatic heterocycles. The number of unbranched alkanes of at least 4 members (excludes halogenated alkanes) is 1. The van der Waals surface area contributed by atoms with Crippen LogP contribution in [0.25, 0.3) is 0 Å². The molecule has 4 N–H and O–H groups in total. The van der Waals surface area contributed by atoms with Crippen LogP contribution in [0.4, 0.5) is 4.79 Å². The molecule has 0 aliphatic carbocycles. The molecule has 1 aliphatic rings. The normalized spacial score (nSPS) is 18.8. The highest BCUT2D eigenvalue weighted by Gasteiger charge is 2.48. The number of ether oxygens (including phenoxy) is 1. The number of likely N-dealkylation sites (tertiary alicyclic amines) is 1. The van der Waals surface area contributed by atoms with Crippen LogP contribution in [0.2, 0.25) is 0 Å². The molecule has 0 saturated carbocycles. The number of urea groups is 1. The van der Waals surface area contributed by atoms with E-state index in [2.05, 4.69) is 27.8 Å². The second-order valence-electron chi connectivity index (χ2n) is 14.9. The van der Waals surface area contributed by atoms with Gasteiger partial charge < -0.3 is 30.9 Å². The molecule has 2 unspecified atom stereocenters. The number of carbonyl (C=O) groups is 6. The molecule has 0 aromatic rings. The zero-order valence-electron chi connectivity index (χ0n) is 29.9. The summed E-state index contributed by atoms with van der Waals surface area (Å²) in [6, 6.07) is -4.69. The van der Waals surface area contributed by atoms with Crippen molar-refractivity contribution in [1.82, 2.24) is 26.2 Å². The number of hydrogen-bond donors (Lipinski definition) is 4. The number of nitrogens with one attached hydrogen (secondary N) is 4. The van der Waals surface area contributed by atoms with Gasteiger partial charge in [-0.05, 0) is 56.8 Å². The van der Waals surface area contributed by atoms with Crippen molar-refractivity contribution < 1.29 is 33.5 Å². The fourth-order valence-electron chi connectivity index (χ4n) is 5.43. The lowest BCUT2D eigenvalue weighted by molar-refractivity contribution is -0.158. The standard InChI is InChI=1S/C34H59N5O7/c1-13-15-16-23(26(40)29(42)35-18-14-2)36-28(41)25-22(20(3)4)17-19-39(25)30(43)27(33(7,8)9)38-32(45)37-24(21(5)6)31(44)46-34(10,11)12/h14,20-25,27H,2,13,15-19H2,1,3-12H3,(H,35,42)(H,36,41)(H2,37,38,45)/t22?,23?,24-,25-,27+/m0/s1. The molecular weight excluding hydrogens is 590 g/mol. The molecule has 46 heavy (non-hydrogen) atoms. The summed E-state index contributed by atoms with van der Waals surface area (Å²) in [5, 5.41) is 10.7. The highest BCUT2D eigenvalue weighted by Crippen LogP contribution is 2.33. The van der Waals surface area contributed by atoms with Gasteiger partial charge in [-0.2, -0.15) is 0 Å². The number of rotatable bonds is 15. The quantitative estimate of drug-likeness (QED) is 0.120. The monoisotopic (exact) mass is 649 g/mol. The van der Waals surface area contributed by atoms with E-state index in [0.29, 0.717) is 12.8 Å². The van der Waals surface area contributed by atoms with E-state index in [1.807, 2.05) is 20.8 Å². The number of hydrogen-bond acceptors (Lipinski definition) is 7. The lowest BCUT2D eigenvalue weighted by Crippen LogP contribution is -2.62. The van der Waals surface area contributed by atoms with Gasteiger partial charge >= 0.3 is 12.0 Å². The molecule has 5 amide bonds. The molecule has 0 spiro atoms. The lowest BCUT2D eigenvalue weighted by Gasteiger charge is -2.37. The van der Waals surface area contributed by atoms with E-state index in [-0.39, 0.29) is 37.3 Å². The largest absolute Gasteiger partial charge is 0.458 e. The van der Waals surface area contributed by atoms with Crippen molar-refractivity contribution in [3.05, 3.63) is 12.7 Å². The molecule has 1 rings (SSSR count). The zero-order valence-corrected chi connectivity index (χ0v) is 29.9. The van der Waals surface area contributed by atoms with E-state index < -0.39 is 70.7 Å². The molecule has 12 nitrogen and oxygen atoms in total. The number of esters is 1. The van der Waals surface area contributed by atoms with Crippen molar-refractivity contribution in [2.75, 3.05) is 13.1 Å². The van der Waals surface area contributed by atoms with Gasteiger partial charge in [-0.3, -0.25) is 19.2 Å². The van der Waals surface area contributed by atoms with Crippen molar-refractivity contribution in [3.8, 4) is 0 Å². The van der Waals surface area contributed by atoms with E-state index in [9.17, 15) is 28.8 Å². The molecule has 1 fully saturated rings. The Morgan fingerprint density at radius 2 is 1.57 bits per heavy atom. The van der Waals surface area contributed by atoms with Crippen LogP contribution in [0.5, 0.6) is 0 Å². The van der Waals surface area contributed by atoms with Crippen molar-refractivity contribution in [1.29, 1.82) is 0 Å². The Balaban J connectivity index is 3.33. The van der Waals surface area contributed by atoms with Crippen LogP contribution < -0.4 is 21.3 Å². The van der Waals surface area contributed by atoms with E-state index in [1.165, 1.54) is 11.0 Å². The maximum absolute atomic E-state index is 14.2. The highest BCUT2D eigenvalue weighted by molar-refractivity contribution is 6.38. The van der Waals surface area contributed by atoms with Gasteiger partial charge in [0.1, 0.15) is 23.7 Å². The van der Waals surface area contributed by atoms with Gasteiger partial charge in [-0.15, -0.1) is 6.58 Å². The Bertz CT molecular complexity index is 1110. The summed E-state index contributed by atoms with van der Waals surface area (Å²) in [7, 11) is 0. The summed E-state index contributed by atoms with van der Waals surface area (Å²) in [6.07, 6.45) is 3.64. The van der Waals surface area contributed by atoms with Gasteiger partial charge in [0, 0.05) is 13.1 Å². The molecule has 0 bridgehead atoms. The predicted molar refractivity (Wildman–Crippen MR) is 177 cm³/mol. The summed E-state index contributed by atoms with van der Waals surface area (Å²) in [5.41, 5.74) is -1.52. The summed E-state index contributed by atoms with van der Waals surface area (Å²) >= 11 is 0. The van der Waals surface area contributed by atoms with E-state index >= 15 is 0 Å². The first-order valence-electron chi connectivity index (χ1n) is 16.5. The van der Waals surface area contributed by atoms with Crippen LogP contribution in [0.1, 0.15) is 102 Å². The molecule has 12 heteroatoms. The fraction of sp³-hybridized carbons (Fsp3) is 0.765. The second-order valence-corrected chi connectivity index (χ2v) is 14.9. The van der Waals surface area contributed by atoms with E-state index in [1.54, 1.807) is 55.4 Å². The van der Waals surface area contributed by atoms with Gasteiger partial charge in [0.25, 0.3) is 5.91 Å². The number of carbonyl (C=O) groups excluding carboxylic acids is 6. The highest BCUT2D eigenvalue weighted by atomic mass is 16.6. The SMILES string of the molecule is C=CCNC(=O)C(=O)C(CCCC)NC(=O)[C@@H]1C(C(C)C)CCN1C(=O)[C@@H](NC(=O)N[C@H](C(=O)OC(C)(C)C)C(C)C)C(C)(C)C. The molecule has 0 radical (unpaired) electrons. The number of nitrogens with zero attached hydrogens (tertiary/aromatic N) is 1. The third-order valence-electron chi connectivity index (χ3n) is 7.97. The van der Waals surface area contributed by atoms with Gasteiger partial charge in [0.05, 0.1) is 6.04 Å². The third-order valence-corrected chi connectivity index (χ3v) is 7.97. The molecular formula is C34H59N5O7.